The third kappa shape index (κ3) is 3.82. The van der Waals surface area contributed by atoms with E-state index < -0.39 is 5.97 Å². The van der Waals surface area contributed by atoms with Crippen LogP contribution in [0, 0.1) is 5.92 Å². The first-order valence-electron chi connectivity index (χ1n) is 6.91. The first kappa shape index (κ1) is 15.0. The zero-order valence-electron chi connectivity index (χ0n) is 11.2. The smallest absolute Gasteiger partial charge is 0.336 e. The number of carboxylic acid groups (broad SMARTS) is 1. The highest BCUT2D eigenvalue weighted by atomic mass is 79.9. The molecule has 0 heterocycles. The number of carboxylic acids is 1. The Bertz CT molecular complexity index is 508. The lowest BCUT2D eigenvalue weighted by Gasteiger charge is -2.14. The van der Waals surface area contributed by atoms with Crippen molar-refractivity contribution in [2.24, 2.45) is 5.92 Å². The van der Waals surface area contributed by atoms with E-state index in [-0.39, 0.29) is 17.4 Å². The van der Waals surface area contributed by atoms with Crippen LogP contribution in [0.3, 0.4) is 0 Å². The maximum Gasteiger partial charge on any atom is 0.336 e. The highest BCUT2D eigenvalue weighted by molar-refractivity contribution is 9.10. The van der Waals surface area contributed by atoms with E-state index in [0.717, 1.165) is 25.7 Å². The van der Waals surface area contributed by atoms with Crippen molar-refractivity contribution < 1.29 is 14.7 Å². The largest absolute Gasteiger partial charge is 0.478 e. The van der Waals surface area contributed by atoms with Crippen LogP contribution in [0.5, 0.6) is 0 Å². The van der Waals surface area contributed by atoms with Crippen LogP contribution in [0.15, 0.2) is 22.7 Å². The zero-order valence-corrected chi connectivity index (χ0v) is 12.8. The summed E-state index contributed by atoms with van der Waals surface area (Å²) in [6.45, 7) is 0. The second kappa shape index (κ2) is 6.88. The van der Waals surface area contributed by atoms with E-state index in [1.54, 1.807) is 12.1 Å². The summed E-state index contributed by atoms with van der Waals surface area (Å²) in [5.41, 5.74) is 0.698. The van der Waals surface area contributed by atoms with Crippen LogP contribution in [-0.4, -0.2) is 17.0 Å². The summed E-state index contributed by atoms with van der Waals surface area (Å²) in [6.07, 6.45) is 6.44. The Kier molecular flexibility index (Phi) is 5.17. The maximum absolute atomic E-state index is 12.2. The van der Waals surface area contributed by atoms with Crippen LogP contribution in [-0.2, 0) is 4.79 Å². The predicted molar refractivity (Wildman–Crippen MR) is 80.9 cm³/mol. The monoisotopic (exact) mass is 339 g/mol. The first-order chi connectivity index (χ1) is 9.58. The predicted octanol–water partition coefficient (Wildman–Crippen LogP) is 4.06. The Morgan fingerprint density at radius 3 is 2.40 bits per heavy atom. The Morgan fingerprint density at radius 1 is 1.15 bits per heavy atom. The van der Waals surface area contributed by atoms with Crippen molar-refractivity contribution in [3.63, 3.8) is 0 Å². The van der Waals surface area contributed by atoms with Crippen molar-refractivity contribution in [3.05, 3.63) is 28.2 Å². The molecule has 20 heavy (non-hydrogen) atoms. The molecule has 1 aromatic rings. The molecular formula is C15H18BrNO3. The van der Waals surface area contributed by atoms with Crippen LogP contribution >= 0.6 is 15.9 Å². The van der Waals surface area contributed by atoms with Gasteiger partial charge in [0.05, 0.1) is 5.56 Å². The SMILES string of the molecule is O=C(O)c1cc(NC(=O)C2CCCCCC2)ccc1Br. The van der Waals surface area contributed by atoms with Crippen molar-refractivity contribution in [3.8, 4) is 0 Å². The lowest BCUT2D eigenvalue weighted by atomic mass is 9.99. The Labute approximate surface area is 126 Å². The molecule has 1 saturated carbocycles. The van der Waals surface area contributed by atoms with E-state index in [4.69, 9.17) is 5.11 Å². The van der Waals surface area contributed by atoms with E-state index in [1.807, 2.05) is 0 Å². The maximum atomic E-state index is 12.2. The molecule has 1 fully saturated rings. The average molecular weight is 340 g/mol. The number of carbonyl (C=O) groups is 2. The molecular weight excluding hydrogens is 322 g/mol. The summed E-state index contributed by atoms with van der Waals surface area (Å²) in [7, 11) is 0. The number of hydrogen-bond acceptors (Lipinski definition) is 2. The molecule has 1 aromatic carbocycles. The van der Waals surface area contributed by atoms with Gasteiger partial charge in [-0.1, -0.05) is 25.7 Å². The van der Waals surface area contributed by atoms with Crippen LogP contribution in [0.4, 0.5) is 5.69 Å². The molecule has 0 aromatic heterocycles. The minimum absolute atomic E-state index is 0.00515. The number of anilines is 1. The summed E-state index contributed by atoms with van der Waals surface area (Å²) >= 11 is 3.19. The Morgan fingerprint density at radius 2 is 1.80 bits per heavy atom. The summed E-state index contributed by atoms with van der Waals surface area (Å²) in [6, 6.07) is 4.85. The number of hydrogen-bond donors (Lipinski definition) is 2. The van der Waals surface area contributed by atoms with E-state index in [2.05, 4.69) is 21.2 Å². The minimum Gasteiger partial charge on any atom is -0.478 e. The summed E-state index contributed by atoms with van der Waals surface area (Å²) < 4.78 is 0.512. The van der Waals surface area contributed by atoms with E-state index >= 15 is 0 Å². The third-order valence-electron chi connectivity index (χ3n) is 3.69. The van der Waals surface area contributed by atoms with Crippen LogP contribution < -0.4 is 5.32 Å². The van der Waals surface area contributed by atoms with Gasteiger partial charge in [-0.05, 0) is 47.0 Å². The molecule has 1 amide bonds. The van der Waals surface area contributed by atoms with Gasteiger partial charge in [0, 0.05) is 16.1 Å². The molecule has 1 aliphatic rings. The van der Waals surface area contributed by atoms with Gasteiger partial charge in [-0.2, -0.15) is 0 Å². The first-order valence-corrected chi connectivity index (χ1v) is 7.71. The molecule has 0 aliphatic heterocycles. The van der Waals surface area contributed by atoms with Crippen molar-refractivity contribution in [1.82, 2.24) is 0 Å². The highest BCUT2D eigenvalue weighted by Crippen LogP contribution is 2.25. The number of rotatable bonds is 3. The zero-order chi connectivity index (χ0) is 14.5. The number of amides is 1. The van der Waals surface area contributed by atoms with Gasteiger partial charge in [0.25, 0.3) is 0 Å². The molecule has 1 aliphatic carbocycles. The summed E-state index contributed by atoms with van der Waals surface area (Å²) in [5, 5.41) is 11.9. The van der Waals surface area contributed by atoms with E-state index in [9.17, 15) is 9.59 Å². The number of nitrogens with one attached hydrogen (secondary N) is 1. The molecule has 108 valence electrons. The van der Waals surface area contributed by atoms with E-state index in [0.29, 0.717) is 10.2 Å². The van der Waals surface area contributed by atoms with Crippen molar-refractivity contribution in [1.29, 1.82) is 0 Å². The van der Waals surface area contributed by atoms with Gasteiger partial charge in [-0.3, -0.25) is 4.79 Å². The standard InChI is InChI=1S/C15H18BrNO3/c16-13-8-7-11(9-12(13)15(19)20)17-14(18)10-5-3-1-2-4-6-10/h7-10H,1-6H2,(H,17,18)(H,19,20). The van der Waals surface area contributed by atoms with Gasteiger partial charge >= 0.3 is 5.97 Å². The molecule has 2 N–H and O–H groups in total. The van der Waals surface area contributed by atoms with Crippen LogP contribution in [0.25, 0.3) is 0 Å². The van der Waals surface area contributed by atoms with Crippen molar-refractivity contribution in [2.45, 2.75) is 38.5 Å². The molecule has 4 nitrogen and oxygen atoms in total. The highest BCUT2D eigenvalue weighted by Gasteiger charge is 2.20. The normalized spacial score (nSPS) is 16.4. The molecule has 2 rings (SSSR count). The topological polar surface area (TPSA) is 66.4 Å². The Balaban J connectivity index is 2.07. The minimum atomic E-state index is -1.01. The quantitative estimate of drug-likeness (QED) is 0.816. The van der Waals surface area contributed by atoms with Crippen molar-refractivity contribution >= 4 is 33.5 Å². The average Bonchev–Trinajstić information content (AvgIpc) is 2.69. The number of carbonyl (C=O) groups excluding carboxylic acids is 1. The van der Waals surface area contributed by atoms with Gasteiger partial charge in [0.1, 0.15) is 0 Å². The van der Waals surface area contributed by atoms with Gasteiger partial charge in [-0.15, -0.1) is 0 Å². The molecule has 5 heteroatoms. The molecule has 0 spiro atoms. The molecule has 0 atom stereocenters. The van der Waals surface area contributed by atoms with Crippen molar-refractivity contribution in [2.75, 3.05) is 5.32 Å². The fraction of sp³-hybridized carbons (Fsp3) is 0.467. The lowest BCUT2D eigenvalue weighted by molar-refractivity contribution is -0.120. The van der Waals surface area contributed by atoms with Crippen LogP contribution in [0.1, 0.15) is 48.9 Å². The van der Waals surface area contributed by atoms with Gasteiger partial charge < -0.3 is 10.4 Å². The third-order valence-corrected chi connectivity index (χ3v) is 4.38. The fourth-order valence-electron chi connectivity index (χ4n) is 2.55. The molecule has 0 bridgehead atoms. The second-order valence-corrected chi connectivity index (χ2v) is 6.03. The number of halogens is 1. The summed E-state index contributed by atoms with van der Waals surface area (Å²) in [5.74, 6) is -0.956. The number of benzene rings is 1. The molecule has 0 saturated heterocycles. The fourth-order valence-corrected chi connectivity index (χ4v) is 2.97. The van der Waals surface area contributed by atoms with E-state index in [1.165, 1.54) is 18.9 Å². The Hall–Kier alpha value is -1.36. The summed E-state index contributed by atoms with van der Waals surface area (Å²) in [4.78, 5) is 23.3. The second-order valence-electron chi connectivity index (χ2n) is 5.18. The lowest BCUT2D eigenvalue weighted by Crippen LogP contribution is -2.22. The van der Waals surface area contributed by atoms with Crippen LogP contribution in [0.2, 0.25) is 0 Å². The van der Waals surface area contributed by atoms with Gasteiger partial charge in [0.15, 0.2) is 0 Å². The van der Waals surface area contributed by atoms with Gasteiger partial charge in [-0.25, -0.2) is 4.79 Å². The number of aromatic carboxylic acids is 1. The molecule has 0 unspecified atom stereocenters. The molecule has 0 radical (unpaired) electrons. The van der Waals surface area contributed by atoms with Gasteiger partial charge in [0.2, 0.25) is 5.91 Å².